The molecule has 0 saturated heterocycles. The van der Waals surface area contributed by atoms with Crippen LogP contribution in [0.15, 0.2) is 59.7 Å². The summed E-state index contributed by atoms with van der Waals surface area (Å²) in [5, 5.41) is 0. The van der Waals surface area contributed by atoms with E-state index in [1.54, 1.807) is 18.3 Å². The summed E-state index contributed by atoms with van der Waals surface area (Å²) in [6.45, 7) is 0. The average Bonchev–Trinajstić information content (AvgIpc) is 2.41. The molecule has 0 saturated carbocycles. The Kier molecular flexibility index (Phi) is 11.0. The number of nitrogens with zero attached hydrogens (tertiary/aromatic N) is 1. The Bertz CT molecular complexity index is 625. The molecule has 0 aliphatic heterocycles. The molecule has 2 aromatic carbocycles. The topological polar surface area (TPSA) is 90.4 Å². The van der Waals surface area contributed by atoms with Gasteiger partial charge in [0.15, 0.2) is 0 Å². The van der Waals surface area contributed by atoms with Crippen LogP contribution in [0.25, 0.3) is 6.08 Å². The van der Waals surface area contributed by atoms with Gasteiger partial charge in [0, 0.05) is 23.1 Å². The Balaban J connectivity index is 0. The quantitative estimate of drug-likeness (QED) is 0.444. The lowest BCUT2D eigenvalue weighted by Gasteiger charge is -2.00. The molecule has 0 atom stereocenters. The molecule has 2 rings (SSSR count). The second-order valence-corrected chi connectivity index (χ2v) is 4.12. The molecular weight excluding hydrogens is 343 g/mol. The van der Waals surface area contributed by atoms with Gasteiger partial charge in [-0.2, -0.15) is 0 Å². The summed E-state index contributed by atoms with van der Waals surface area (Å²) < 4.78 is 0. The molecule has 0 aliphatic carbocycles. The van der Waals surface area contributed by atoms with E-state index in [-0.39, 0.29) is 37.2 Å². The van der Waals surface area contributed by atoms with Crippen LogP contribution < -0.4 is 17.2 Å². The Hall–Kier alpha value is -1.88. The number of anilines is 2. The molecule has 0 spiro atoms. The average molecular weight is 362 g/mol. The van der Waals surface area contributed by atoms with Crippen molar-refractivity contribution >= 4 is 60.5 Å². The number of halogens is 3. The summed E-state index contributed by atoms with van der Waals surface area (Å²) in [4.78, 5) is 4.18. The number of aliphatic imine (C=N–C) groups is 1. The minimum absolute atomic E-state index is 0. The number of nitrogens with two attached hydrogens (primary N) is 3. The van der Waals surface area contributed by atoms with Gasteiger partial charge in [-0.1, -0.05) is 24.3 Å². The molecule has 0 fully saturated rings. The predicted octanol–water partition coefficient (Wildman–Crippen LogP) is 3.49. The molecule has 0 aliphatic rings. The third-order valence-corrected chi connectivity index (χ3v) is 2.60. The van der Waals surface area contributed by atoms with Crippen LogP contribution in [0.4, 0.5) is 11.4 Å². The molecule has 0 unspecified atom stereocenters. The van der Waals surface area contributed by atoms with Crippen molar-refractivity contribution < 1.29 is 0 Å². The zero-order chi connectivity index (χ0) is 13.7. The van der Waals surface area contributed by atoms with E-state index >= 15 is 0 Å². The summed E-state index contributed by atoms with van der Waals surface area (Å²) >= 11 is 0. The molecule has 4 nitrogen and oxygen atoms in total. The van der Waals surface area contributed by atoms with Gasteiger partial charge in [-0.3, -0.25) is 0 Å². The molecule has 0 heterocycles. The first-order valence-corrected chi connectivity index (χ1v) is 5.86. The van der Waals surface area contributed by atoms with Gasteiger partial charge in [0.05, 0.1) is 0 Å². The zero-order valence-corrected chi connectivity index (χ0v) is 14.1. The van der Waals surface area contributed by atoms with Crippen molar-refractivity contribution in [3.8, 4) is 0 Å². The molecule has 0 amide bonds. The van der Waals surface area contributed by atoms with Gasteiger partial charge in [0.25, 0.3) is 0 Å². The van der Waals surface area contributed by atoms with Gasteiger partial charge in [-0.15, -0.1) is 37.2 Å². The Morgan fingerprint density at radius 2 is 1.50 bits per heavy atom. The highest BCUT2D eigenvalue weighted by Gasteiger charge is 1.96. The monoisotopic (exact) mass is 360 g/mol. The molecule has 0 aromatic heterocycles. The normalized spacial score (nSPS) is 10.3. The van der Waals surface area contributed by atoms with Crippen LogP contribution >= 0.6 is 37.2 Å². The first-order valence-electron chi connectivity index (χ1n) is 5.86. The molecule has 6 N–H and O–H groups in total. The zero-order valence-electron chi connectivity index (χ0n) is 11.7. The van der Waals surface area contributed by atoms with Gasteiger partial charge in [-0.05, 0) is 35.9 Å². The van der Waals surface area contributed by atoms with Crippen LogP contribution in [-0.2, 0) is 0 Å². The number of rotatable bonds is 3. The second-order valence-electron chi connectivity index (χ2n) is 4.12. The Morgan fingerprint density at radius 3 is 2.09 bits per heavy atom. The lowest BCUT2D eigenvalue weighted by molar-refractivity contribution is 1.47. The number of hydrogen-bond donors (Lipinski definition) is 3. The first kappa shape index (κ1) is 22.4. The third-order valence-electron chi connectivity index (χ3n) is 2.60. The molecule has 0 radical (unpaired) electrons. The summed E-state index contributed by atoms with van der Waals surface area (Å²) in [5.41, 5.74) is 20.4. The summed E-state index contributed by atoms with van der Waals surface area (Å²) in [5.74, 6) is 0.430. The van der Waals surface area contributed by atoms with Crippen LogP contribution in [0.5, 0.6) is 0 Å². The summed E-state index contributed by atoms with van der Waals surface area (Å²) in [6, 6.07) is 14.8. The predicted molar refractivity (Wildman–Crippen MR) is 103 cm³/mol. The van der Waals surface area contributed by atoms with Gasteiger partial charge < -0.3 is 17.2 Å². The summed E-state index contributed by atoms with van der Waals surface area (Å²) in [7, 11) is 0. The highest BCUT2D eigenvalue weighted by atomic mass is 35.5. The van der Waals surface area contributed by atoms with Crippen LogP contribution in [0.2, 0.25) is 0 Å². The lowest BCUT2D eigenvalue weighted by Crippen LogP contribution is -2.12. The van der Waals surface area contributed by atoms with Crippen molar-refractivity contribution in [2.75, 3.05) is 11.5 Å². The van der Waals surface area contributed by atoms with E-state index in [0.29, 0.717) is 11.5 Å². The fourth-order valence-corrected chi connectivity index (χ4v) is 1.58. The molecule has 7 heteroatoms. The largest absolute Gasteiger partial charge is 0.399 e. The van der Waals surface area contributed by atoms with Crippen molar-refractivity contribution in [2.45, 2.75) is 0 Å². The maximum atomic E-state index is 5.88. The van der Waals surface area contributed by atoms with E-state index < -0.39 is 0 Å². The van der Waals surface area contributed by atoms with E-state index in [0.717, 1.165) is 16.8 Å². The van der Waals surface area contributed by atoms with Crippen molar-refractivity contribution in [1.29, 1.82) is 0 Å². The van der Waals surface area contributed by atoms with E-state index in [9.17, 15) is 0 Å². The fourth-order valence-electron chi connectivity index (χ4n) is 1.58. The maximum absolute atomic E-state index is 5.88. The van der Waals surface area contributed by atoms with Gasteiger partial charge in [0.1, 0.15) is 5.84 Å². The van der Waals surface area contributed by atoms with Gasteiger partial charge >= 0.3 is 0 Å². The fraction of sp³-hybridized carbons (Fsp3) is 0. The molecule has 0 bridgehead atoms. The number of hydrogen-bond acceptors (Lipinski definition) is 3. The molecule has 2 aromatic rings. The van der Waals surface area contributed by atoms with Gasteiger partial charge in [-0.25, -0.2) is 4.99 Å². The SMILES string of the molecule is Cl.Cl.Cl.NC(=N/C=C/c1ccc(N)cc1)c1cccc(N)c1. The minimum atomic E-state index is 0. The lowest BCUT2D eigenvalue weighted by atomic mass is 10.2. The van der Waals surface area contributed by atoms with Crippen LogP contribution in [-0.4, -0.2) is 5.84 Å². The number of nitrogen functional groups attached to an aromatic ring is 2. The van der Waals surface area contributed by atoms with E-state index in [1.807, 2.05) is 42.5 Å². The number of amidine groups is 1. The van der Waals surface area contributed by atoms with Crippen molar-refractivity contribution in [2.24, 2.45) is 10.7 Å². The first-order chi connectivity index (χ1) is 9.15. The van der Waals surface area contributed by atoms with Crippen molar-refractivity contribution in [1.82, 2.24) is 0 Å². The van der Waals surface area contributed by atoms with Crippen molar-refractivity contribution in [3.05, 3.63) is 65.9 Å². The van der Waals surface area contributed by atoms with E-state index in [2.05, 4.69) is 4.99 Å². The molecule has 120 valence electrons. The van der Waals surface area contributed by atoms with Crippen LogP contribution in [0.1, 0.15) is 11.1 Å². The minimum Gasteiger partial charge on any atom is -0.399 e. The smallest absolute Gasteiger partial charge is 0.130 e. The Morgan fingerprint density at radius 1 is 0.864 bits per heavy atom. The second kappa shape index (κ2) is 10.8. The molecular formula is C15H19Cl3N4. The standard InChI is InChI=1S/C15H16N4.3ClH/c16-13-6-4-11(5-7-13)8-9-19-15(18)12-2-1-3-14(17)10-12;;;/h1-10H,16-17H2,(H2,18,19);3*1H/b9-8+;;;. The number of benzene rings is 2. The van der Waals surface area contributed by atoms with E-state index in [1.165, 1.54) is 0 Å². The Labute approximate surface area is 148 Å². The van der Waals surface area contributed by atoms with Crippen molar-refractivity contribution in [3.63, 3.8) is 0 Å². The van der Waals surface area contributed by atoms with E-state index in [4.69, 9.17) is 17.2 Å². The van der Waals surface area contributed by atoms with Crippen LogP contribution in [0, 0.1) is 0 Å². The third kappa shape index (κ3) is 6.72. The summed E-state index contributed by atoms with van der Waals surface area (Å²) in [6.07, 6.45) is 3.52. The highest BCUT2D eigenvalue weighted by molar-refractivity contribution is 5.98. The maximum Gasteiger partial charge on any atom is 0.130 e. The van der Waals surface area contributed by atoms with Crippen LogP contribution in [0.3, 0.4) is 0 Å². The highest BCUT2D eigenvalue weighted by Crippen LogP contribution is 2.08. The molecule has 22 heavy (non-hydrogen) atoms. The van der Waals surface area contributed by atoms with Gasteiger partial charge in [0.2, 0.25) is 0 Å².